The van der Waals surface area contributed by atoms with Gasteiger partial charge < -0.3 is 4.74 Å². The van der Waals surface area contributed by atoms with Crippen LogP contribution in [0, 0.1) is 0 Å². The van der Waals surface area contributed by atoms with Crippen molar-refractivity contribution in [3.05, 3.63) is 26.5 Å². The van der Waals surface area contributed by atoms with Gasteiger partial charge in [0.2, 0.25) is 0 Å². The third kappa shape index (κ3) is 2.45. The lowest BCUT2D eigenvalue weighted by molar-refractivity contribution is -0.144. The van der Waals surface area contributed by atoms with E-state index in [0.717, 1.165) is 35.0 Å². The van der Waals surface area contributed by atoms with Gasteiger partial charge in [-0.15, -0.1) is 11.3 Å². The molecule has 1 aliphatic carbocycles. The maximum absolute atomic E-state index is 12.7. The summed E-state index contributed by atoms with van der Waals surface area (Å²) >= 11 is 1.57. The zero-order valence-electron chi connectivity index (χ0n) is 13.1. The van der Waals surface area contributed by atoms with Crippen molar-refractivity contribution in [1.82, 2.24) is 9.78 Å². The number of esters is 1. The van der Waals surface area contributed by atoms with E-state index < -0.39 is 5.97 Å². The minimum Gasteiger partial charge on any atom is -0.465 e. The summed E-state index contributed by atoms with van der Waals surface area (Å²) in [7, 11) is 0. The van der Waals surface area contributed by atoms with Crippen molar-refractivity contribution in [2.75, 3.05) is 6.61 Å². The van der Waals surface area contributed by atoms with Crippen molar-refractivity contribution in [2.24, 2.45) is 0 Å². The van der Waals surface area contributed by atoms with Gasteiger partial charge in [0.25, 0.3) is 5.56 Å². The lowest BCUT2D eigenvalue weighted by atomic mass is 10.0. The maximum atomic E-state index is 12.7. The number of ether oxygens (including phenoxy) is 1. The lowest BCUT2D eigenvalue weighted by Gasteiger charge is -2.12. The van der Waals surface area contributed by atoms with E-state index in [1.165, 1.54) is 15.1 Å². The normalized spacial score (nSPS) is 13.8. The van der Waals surface area contributed by atoms with Gasteiger partial charge in [0, 0.05) is 10.3 Å². The Morgan fingerprint density at radius 2 is 2.18 bits per heavy atom. The molecule has 0 bridgehead atoms. The average Bonchev–Trinajstić information content (AvgIpc) is 3.03. The highest BCUT2D eigenvalue weighted by atomic mass is 32.1. The Kier molecular flexibility index (Phi) is 4.04. The molecule has 2 aromatic heterocycles. The molecule has 0 spiro atoms. The Morgan fingerprint density at radius 1 is 1.41 bits per heavy atom. The van der Waals surface area contributed by atoms with Crippen LogP contribution in [0.1, 0.15) is 49.2 Å². The Morgan fingerprint density at radius 3 is 2.86 bits per heavy atom. The van der Waals surface area contributed by atoms with E-state index in [4.69, 9.17) is 4.74 Å². The number of thiophene rings is 1. The molecule has 0 atom stereocenters. The predicted octanol–water partition coefficient (Wildman–Crippen LogP) is 2.63. The number of nitrogens with zero attached hydrogens (tertiary/aromatic N) is 2. The van der Waals surface area contributed by atoms with Crippen LogP contribution in [0.25, 0.3) is 10.1 Å². The van der Waals surface area contributed by atoms with Crippen molar-refractivity contribution in [3.63, 3.8) is 0 Å². The van der Waals surface area contributed by atoms with Crippen LogP contribution in [-0.4, -0.2) is 22.4 Å². The van der Waals surface area contributed by atoms with Crippen LogP contribution in [0.5, 0.6) is 0 Å². The SMILES string of the molecule is CCOC(=O)Cn1nc(C(C)C)c2c3c(sc2c1=O)CCC3. The number of hydrogen-bond acceptors (Lipinski definition) is 5. The van der Waals surface area contributed by atoms with Crippen molar-refractivity contribution in [3.8, 4) is 0 Å². The number of carbonyl (C=O) groups excluding carboxylic acids is 1. The lowest BCUT2D eigenvalue weighted by Crippen LogP contribution is -2.28. The molecule has 0 radical (unpaired) electrons. The Balaban J connectivity index is 2.18. The molecule has 0 aromatic carbocycles. The topological polar surface area (TPSA) is 61.2 Å². The molecule has 0 saturated heterocycles. The van der Waals surface area contributed by atoms with E-state index in [1.54, 1.807) is 18.3 Å². The summed E-state index contributed by atoms with van der Waals surface area (Å²) in [6.45, 7) is 6.08. The van der Waals surface area contributed by atoms with Gasteiger partial charge in [-0.1, -0.05) is 13.8 Å². The van der Waals surface area contributed by atoms with Crippen LogP contribution < -0.4 is 5.56 Å². The van der Waals surface area contributed by atoms with Crippen molar-refractivity contribution in [2.45, 2.75) is 52.5 Å². The summed E-state index contributed by atoms with van der Waals surface area (Å²) in [5.74, 6) is -0.217. The fraction of sp³-hybridized carbons (Fsp3) is 0.562. The number of hydrogen-bond donors (Lipinski definition) is 0. The first-order chi connectivity index (χ1) is 10.5. The zero-order chi connectivity index (χ0) is 15.9. The molecular weight excluding hydrogens is 300 g/mol. The second kappa shape index (κ2) is 5.83. The van der Waals surface area contributed by atoms with E-state index in [9.17, 15) is 9.59 Å². The van der Waals surface area contributed by atoms with E-state index in [1.807, 2.05) is 0 Å². The average molecular weight is 320 g/mol. The van der Waals surface area contributed by atoms with E-state index in [0.29, 0.717) is 6.61 Å². The largest absolute Gasteiger partial charge is 0.465 e. The van der Waals surface area contributed by atoms with Gasteiger partial charge in [-0.05, 0) is 37.7 Å². The van der Waals surface area contributed by atoms with E-state index in [2.05, 4.69) is 18.9 Å². The first kappa shape index (κ1) is 15.2. The third-order valence-corrected chi connectivity index (χ3v) is 5.25. The predicted molar refractivity (Wildman–Crippen MR) is 86.6 cm³/mol. The van der Waals surface area contributed by atoms with Gasteiger partial charge >= 0.3 is 5.97 Å². The first-order valence-electron chi connectivity index (χ1n) is 7.73. The van der Waals surface area contributed by atoms with Gasteiger partial charge in [-0.3, -0.25) is 9.59 Å². The van der Waals surface area contributed by atoms with Crippen LogP contribution in [0.3, 0.4) is 0 Å². The highest BCUT2D eigenvalue weighted by Crippen LogP contribution is 2.38. The number of rotatable bonds is 4. The van der Waals surface area contributed by atoms with Gasteiger partial charge in [0.05, 0.1) is 12.3 Å². The molecule has 2 aromatic rings. The summed E-state index contributed by atoms with van der Waals surface area (Å²) in [6, 6.07) is 0. The minimum absolute atomic E-state index is 0.120. The molecule has 0 amide bonds. The summed E-state index contributed by atoms with van der Waals surface area (Å²) in [5.41, 5.74) is 2.04. The number of carbonyl (C=O) groups is 1. The number of aromatic nitrogens is 2. The van der Waals surface area contributed by atoms with Crippen molar-refractivity contribution in [1.29, 1.82) is 0 Å². The fourth-order valence-corrected chi connectivity index (χ4v) is 4.35. The van der Waals surface area contributed by atoms with E-state index >= 15 is 0 Å². The summed E-state index contributed by atoms with van der Waals surface area (Å²) < 4.78 is 6.95. The molecule has 22 heavy (non-hydrogen) atoms. The van der Waals surface area contributed by atoms with Gasteiger partial charge in [-0.25, -0.2) is 4.68 Å². The minimum atomic E-state index is -0.421. The zero-order valence-corrected chi connectivity index (χ0v) is 14.0. The van der Waals surface area contributed by atoms with Crippen LogP contribution in [0.4, 0.5) is 0 Å². The molecule has 118 valence electrons. The van der Waals surface area contributed by atoms with E-state index in [-0.39, 0.29) is 18.0 Å². The van der Waals surface area contributed by atoms with Gasteiger partial charge in [0.15, 0.2) is 0 Å². The Labute approximate surface area is 132 Å². The molecule has 2 heterocycles. The quantitative estimate of drug-likeness (QED) is 0.813. The molecule has 0 unspecified atom stereocenters. The summed E-state index contributed by atoms with van der Waals surface area (Å²) in [4.78, 5) is 25.7. The Hall–Kier alpha value is -1.69. The summed E-state index contributed by atoms with van der Waals surface area (Å²) in [6.07, 6.45) is 3.22. The summed E-state index contributed by atoms with van der Waals surface area (Å²) in [5, 5.41) is 5.52. The van der Waals surface area contributed by atoms with Crippen molar-refractivity contribution < 1.29 is 9.53 Å². The molecule has 1 aliphatic rings. The molecule has 5 nitrogen and oxygen atoms in total. The van der Waals surface area contributed by atoms with Crippen LogP contribution in [0.15, 0.2) is 4.79 Å². The molecule has 0 N–H and O–H groups in total. The molecular formula is C16H20N2O3S. The molecule has 3 rings (SSSR count). The van der Waals surface area contributed by atoms with Crippen LogP contribution >= 0.6 is 11.3 Å². The highest BCUT2D eigenvalue weighted by molar-refractivity contribution is 7.19. The molecule has 6 heteroatoms. The van der Waals surface area contributed by atoms with Crippen LogP contribution in [0.2, 0.25) is 0 Å². The van der Waals surface area contributed by atoms with Gasteiger partial charge in [-0.2, -0.15) is 5.10 Å². The fourth-order valence-electron chi connectivity index (χ4n) is 3.01. The second-order valence-electron chi connectivity index (χ2n) is 5.87. The second-order valence-corrected chi connectivity index (χ2v) is 6.97. The molecule has 0 aliphatic heterocycles. The monoisotopic (exact) mass is 320 g/mol. The standard InChI is InChI=1S/C16H20N2O3S/c1-4-21-12(19)8-18-16(20)15-13(14(17-18)9(2)3)10-6-5-7-11(10)22-15/h9H,4-8H2,1-3H3. The van der Waals surface area contributed by atoms with Crippen molar-refractivity contribution >= 4 is 27.4 Å². The first-order valence-corrected chi connectivity index (χ1v) is 8.55. The Bertz CT molecular complexity index is 789. The van der Waals surface area contributed by atoms with Crippen LogP contribution in [-0.2, 0) is 28.9 Å². The van der Waals surface area contributed by atoms with Gasteiger partial charge in [0.1, 0.15) is 11.2 Å². The number of aryl methyl sites for hydroxylation is 2. The third-order valence-electron chi connectivity index (χ3n) is 3.97. The highest BCUT2D eigenvalue weighted by Gasteiger charge is 2.25. The molecule has 0 fully saturated rings. The smallest absolute Gasteiger partial charge is 0.327 e. The maximum Gasteiger partial charge on any atom is 0.327 e. The number of fused-ring (bicyclic) bond motifs is 3. The molecule has 0 saturated carbocycles.